The molecule has 19 heavy (non-hydrogen) atoms. The van der Waals surface area contributed by atoms with E-state index in [9.17, 15) is 4.79 Å². The van der Waals surface area contributed by atoms with E-state index in [4.69, 9.17) is 0 Å². The van der Waals surface area contributed by atoms with Crippen molar-refractivity contribution in [1.82, 2.24) is 19.5 Å². The highest BCUT2D eigenvalue weighted by atomic mass is 16.1. The Kier molecular flexibility index (Phi) is 2.79. The largest absolute Gasteiger partial charge is 0.331 e. The van der Waals surface area contributed by atoms with Crippen molar-refractivity contribution in [1.29, 1.82) is 0 Å². The van der Waals surface area contributed by atoms with Crippen LogP contribution in [0.15, 0.2) is 42.7 Å². The Labute approximate surface area is 110 Å². The van der Waals surface area contributed by atoms with Crippen molar-refractivity contribution >= 4 is 16.8 Å². The molecule has 0 fully saturated rings. The number of imidazole rings is 1. The third-order valence-corrected chi connectivity index (χ3v) is 3.01. The Bertz CT molecular complexity index is 734. The first-order chi connectivity index (χ1) is 9.25. The molecule has 0 atom stereocenters. The number of nitrogens with zero attached hydrogens (tertiary/aromatic N) is 4. The van der Waals surface area contributed by atoms with Gasteiger partial charge in [0.25, 0.3) is 0 Å². The van der Waals surface area contributed by atoms with Crippen LogP contribution in [0, 0.1) is 0 Å². The molecule has 1 aromatic carbocycles. The molecule has 0 unspecified atom stereocenters. The average Bonchev–Trinajstić information content (AvgIpc) is 2.77. The summed E-state index contributed by atoms with van der Waals surface area (Å²) in [6.07, 6.45) is 3.33. The number of aromatic nitrogens is 4. The number of ketones is 1. The Hall–Kier alpha value is -2.56. The first kappa shape index (κ1) is 11.5. The van der Waals surface area contributed by atoms with E-state index in [1.807, 2.05) is 35.9 Å². The number of fused-ring (bicyclic) bond motifs is 1. The number of carbonyl (C=O) groups is 1. The van der Waals surface area contributed by atoms with Crippen LogP contribution in [0.3, 0.4) is 0 Å². The van der Waals surface area contributed by atoms with Gasteiger partial charge in [-0.25, -0.2) is 15.0 Å². The van der Waals surface area contributed by atoms with E-state index < -0.39 is 0 Å². The Morgan fingerprint density at radius 1 is 1.16 bits per heavy atom. The van der Waals surface area contributed by atoms with E-state index in [-0.39, 0.29) is 18.0 Å². The molecule has 0 aliphatic heterocycles. The molecule has 0 N–H and O–H groups in total. The molecule has 5 nitrogen and oxygen atoms in total. The van der Waals surface area contributed by atoms with Crippen LogP contribution in [0.5, 0.6) is 0 Å². The van der Waals surface area contributed by atoms with Crippen LogP contribution >= 0.6 is 0 Å². The summed E-state index contributed by atoms with van der Waals surface area (Å²) in [6.45, 7) is 0. The quantitative estimate of drug-likeness (QED) is 0.667. The lowest BCUT2D eigenvalue weighted by molar-refractivity contribution is 0.0980. The van der Waals surface area contributed by atoms with Gasteiger partial charge in [0.1, 0.15) is 5.82 Å². The van der Waals surface area contributed by atoms with Crippen molar-refractivity contribution in [2.45, 2.75) is 6.42 Å². The molecular formula is C14H12N4O. The van der Waals surface area contributed by atoms with Gasteiger partial charge in [0.2, 0.25) is 5.78 Å². The lowest BCUT2D eigenvalue weighted by Gasteiger charge is -2.01. The molecule has 0 bridgehead atoms. The van der Waals surface area contributed by atoms with E-state index in [0.29, 0.717) is 0 Å². The highest BCUT2D eigenvalue weighted by Gasteiger charge is 2.14. The van der Waals surface area contributed by atoms with Gasteiger partial charge in [-0.05, 0) is 18.2 Å². The van der Waals surface area contributed by atoms with Gasteiger partial charge in [0.15, 0.2) is 5.82 Å². The molecule has 3 rings (SSSR count). The average molecular weight is 252 g/mol. The molecule has 0 radical (unpaired) electrons. The van der Waals surface area contributed by atoms with Gasteiger partial charge in [-0.1, -0.05) is 12.1 Å². The second-order valence-electron chi connectivity index (χ2n) is 4.25. The van der Waals surface area contributed by atoms with E-state index in [1.54, 1.807) is 18.5 Å². The summed E-state index contributed by atoms with van der Waals surface area (Å²) in [5.41, 5.74) is 1.90. The van der Waals surface area contributed by atoms with Crippen molar-refractivity contribution in [2.75, 3.05) is 0 Å². The summed E-state index contributed by atoms with van der Waals surface area (Å²) in [5.74, 6) is 0.826. The van der Waals surface area contributed by atoms with Crippen LogP contribution in [-0.4, -0.2) is 25.3 Å². The zero-order valence-electron chi connectivity index (χ0n) is 10.4. The number of benzene rings is 1. The number of carbonyl (C=O) groups excluding carboxylic acids is 1. The second kappa shape index (κ2) is 4.61. The van der Waals surface area contributed by atoms with E-state index in [0.717, 1.165) is 16.9 Å². The first-order valence-electron chi connectivity index (χ1n) is 5.96. The summed E-state index contributed by atoms with van der Waals surface area (Å²) >= 11 is 0. The fourth-order valence-corrected chi connectivity index (χ4v) is 2.02. The van der Waals surface area contributed by atoms with Gasteiger partial charge >= 0.3 is 0 Å². The molecule has 2 heterocycles. The summed E-state index contributed by atoms with van der Waals surface area (Å²) < 4.78 is 1.93. The fraction of sp³-hybridized carbons (Fsp3) is 0.143. The molecule has 0 spiro atoms. The molecule has 2 aromatic heterocycles. The van der Waals surface area contributed by atoms with Crippen LogP contribution < -0.4 is 0 Å². The van der Waals surface area contributed by atoms with Crippen LogP contribution in [0.4, 0.5) is 0 Å². The van der Waals surface area contributed by atoms with Gasteiger partial charge in [-0.3, -0.25) is 4.79 Å². The minimum atomic E-state index is -0.126. The minimum Gasteiger partial charge on any atom is -0.331 e. The van der Waals surface area contributed by atoms with Gasteiger partial charge in [0.05, 0.1) is 17.5 Å². The SMILES string of the molecule is Cn1c(CC(=O)c2ncccn2)nc2ccccc21. The number of aryl methyl sites for hydroxylation is 1. The number of para-hydroxylation sites is 2. The Morgan fingerprint density at radius 2 is 1.89 bits per heavy atom. The van der Waals surface area contributed by atoms with Gasteiger partial charge in [0, 0.05) is 19.4 Å². The molecule has 0 aliphatic rings. The fourth-order valence-electron chi connectivity index (χ4n) is 2.02. The smallest absolute Gasteiger partial charge is 0.207 e. The number of hydrogen-bond donors (Lipinski definition) is 0. The second-order valence-corrected chi connectivity index (χ2v) is 4.25. The van der Waals surface area contributed by atoms with E-state index in [1.165, 1.54) is 0 Å². The predicted octanol–water partition coefficient (Wildman–Crippen LogP) is 1.79. The lowest BCUT2D eigenvalue weighted by Crippen LogP contribution is -2.11. The molecular weight excluding hydrogens is 240 g/mol. The third kappa shape index (κ3) is 2.10. The van der Waals surface area contributed by atoms with E-state index >= 15 is 0 Å². The van der Waals surface area contributed by atoms with Crippen molar-refractivity contribution < 1.29 is 4.79 Å². The lowest BCUT2D eigenvalue weighted by atomic mass is 10.2. The first-order valence-corrected chi connectivity index (χ1v) is 5.96. The summed E-state index contributed by atoms with van der Waals surface area (Å²) in [6, 6.07) is 9.49. The summed E-state index contributed by atoms with van der Waals surface area (Å²) in [4.78, 5) is 24.5. The maximum atomic E-state index is 12.1. The van der Waals surface area contributed by atoms with Crippen molar-refractivity contribution in [3.8, 4) is 0 Å². The van der Waals surface area contributed by atoms with Crippen LogP contribution in [0.2, 0.25) is 0 Å². The Morgan fingerprint density at radius 3 is 2.63 bits per heavy atom. The summed E-state index contributed by atoms with van der Waals surface area (Å²) in [5, 5.41) is 0. The molecule has 0 aliphatic carbocycles. The monoisotopic (exact) mass is 252 g/mol. The molecule has 0 saturated carbocycles. The van der Waals surface area contributed by atoms with Crippen molar-refractivity contribution in [2.24, 2.45) is 7.05 Å². The minimum absolute atomic E-state index is 0.126. The Balaban J connectivity index is 1.94. The zero-order valence-corrected chi connectivity index (χ0v) is 10.4. The highest BCUT2D eigenvalue weighted by Crippen LogP contribution is 2.15. The van der Waals surface area contributed by atoms with Crippen LogP contribution in [0.1, 0.15) is 16.4 Å². The number of hydrogen-bond acceptors (Lipinski definition) is 4. The molecule has 5 heteroatoms. The van der Waals surface area contributed by atoms with Gasteiger partial charge in [-0.2, -0.15) is 0 Å². The van der Waals surface area contributed by atoms with Crippen molar-refractivity contribution in [3.05, 3.63) is 54.4 Å². The van der Waals surface area contributed by atoms with Gasteiger partial charge in [-0.15, -0.1) is 0 Å². The maximum absolute atomic E-state index is 12.1. The molecule has 0 saturated heterocycles. The number of rotatable bonds is 3. The highest BCUT2D eigenvalue weighted by molar-refractivity contribution is 5.94. The predicted molar refractivity (Wildman–Crippen MR) is 70.8 cm³/mol. The summed E-state index contributed by atoms with van der Waals surface area (Å²) in [7, 11) is 1.91. The molecule has 94 valence electrons. The molecule has 3 aromatic rings. The maximum Gasteiger partial charge on any atom is 0.207 e. The molecule has 0 amide bonds. The van der Waals surface area contributed by atoms with Gasteiger partial charge < -0.3 is 4.57 Å². The topological polar surface area (TPSA) is 60.7 Å². The zero-order chi connectivity index (χ0) is 13.2. The van der Waals surface area contributed by atoms with Crippen LogP contribution in [0.25, 0.3) is 11.0 Å². The van der Waals surface area contributed by atoms with E-state index in [2.05, 4.69) is 15.0 Å². The van der Waals surface area contributed by atoms with Crippen LogP contribution in [-0.2, 0) is 13.5 Å². The standard InChI is InChI=1S/C14H12N4O/c1-18-11-6-3-2-5-10(11)17-13(18)9-12(19)14-15-7-4-8-16-14/h2-8H,9H2,1H3. The normalized spacial score (nSPS) is 10.8. The number of Topliss-reactive ketones (excluding diaryl/α,β-unsaturated/α-hetero) is 1. The third-order valence-electron chi connectivity index (χ3n) is 3.01. The van der Waals surface area contributed by atoms with Crippen molar-refractivity contribution in [3.63, 3.8) is 0 Å².